The maximum absolute atomic E-state index is 13.0. The van der Waals surface area contributed by atoms with Gasteiger partial charge in [0.15, 0.2) is 0 Å². The molecule has 2 nitrogen and oxygen atoms in total. The molecule has 3 rings (SSSR count). The van der Waals surface area contributed by atoms with Gasteiger partial charge in [0, 0.05) is 0 Å². The fourth-order valence-electron chi connectivity index (χ4n) is 3.38. The molecule has 160 valence electrons. The molecule has 2 heterocycles. The van der Waals surface area contributed by atoms with Crippen molar-refractivity contribution < 1.29 is 5.73 Å². The summed E-state index contributed by atoms with van der Waals surface area (Å²) < 4.78 is 26.6. The third-order valence-electron chi connectivity index (χ3n) is 5.71. The van der Waals surface area contributed by atoms with Crippen molar-refractivity contribution in [2.45, 2.75) is 76.1 Å². The molecule has 0 unspecified atom stereocenters. The molecule has 29 heavy (non-hydrogen) atoms. The van der Waals surface area contributed by atoms with E-state index < -0.39 is 19.5 Å². The van der Waals surface area contributed by atoms with Gasteiger partial charge in [-0.1, -0.05) is 23.3 Å². The first-order valence-electron chi connectivity index (χ1n) is 10.7. The van der Waals surface area contributed by atoms with Crippen LogP contribution < -0.4 is 10.4 Å². The first-order chi connectivity index (χ1) is 13.7. The molecule has 0 saturated carbocycles. The summed E-state index contributed by atoms with van der Waals surface area (Å²) in [6.07, 6.45) is 7.19. The third-order valence-corrected chi connectivity index (χ3v) is 11.9. The normalized spacial score (nSPS) is 15.2. The molecule has 0 amide bonds. The van der Waals surface area contributed by atoms with Gasteiger partial charge in [0.1, 0.15) is 0 Å². The van der Waals surface area contributed by atoms with E-state index in [-0.39, 0.29) is 8.87 Å². The van der Waals surface area contributed by atoms with Crippen LogP contribution in [0.4, 0.5) is 17.1 Å². The van der Waals surface area contributed by atoms with Gasteiger partial charge in [-0.25, -0.2) is 0 Å². The Morgan fingerprint density at radius 1 is 0.724 bits per heavy atom. The van der Waals surface area contributed by atoms with Crippen LogP contribution in [-0.2, 0) is 0 Å². The Morgan fingerprint density at radius 2 is 1.10 bits per heavy atom. The monoisotopic (exact) mass is 508 g/mol. The van der Waals surface area contributed by atoms with Crippen molar-refractivity contribution in [2.75, 3.05) is 0 Å². The van der Waals surface area contributed by atoms with Gasteiger partial charge in [-0.15, -0.1) is 11.4 Å². The number of hydrogen-bond acceptors (Lipinski definition) is 0. The second-order valence-electron chi connectivity index (χ2n) is 8.05. The summed E-state index contributed by atoms with van der Waals surface area (Å²) in [4.78, 5) is 0. The van der Waals surface area contributed by atoms with Crippen molar-refractivity contribution in [1.82, 2.24) is 0 Å². The molecule has 0 aromatic heterocycles. The van der Waals surface area contributed by atoms with E-state index in [1.165, 1.54) is 32.7 Å². The fourth-order valence-corrected chi connectivity index (χ4v) is 9.07. The van der Waals surface area contributed by atoms with E-state index in [0.29, 0.717) is 0 Å². The Bertz CT molecular complexity index is 841. The van der Waals surface area contributed by atoms with Gasteiger partial charge >= 0.3 is 73.7 Å². The Kier molecular flexibility index (Phi) is 8.80. The predicted octanol–water partition coefficient (Wildman–Crippen LogP) is 7.84. The van der Waals surface area contributed by atoms with E-state index in [1.54, 1.807) is 0 Å². The minimum atomic E-state index is -4.44. The van der Waals surface area contributed by atoms with Crippen LogP contribution in [0.5, 0.6) is 0 Å². The molecule has 0 bridgehead atoms. The van der Waals surface area contributed by atoms with Crippen molar-refractivity contribution >= 4 is 42.0 Å². The molecule has 0 radical (unpaired) electrons. The molecule has 0 spiro atoms. The number of halogens is 2. The Hall–Kier alpha value is -1.30. The van der Waals surface area contributed by atoms with E-state index in [0.717, 1.165) is 37.1 Å². The van der Waals surface area contributed by atoms with Crippen LogP contribution in [0.1, 0.15) is 67.2 Å². The summed E-state index contributed by atoms with van der Waals surface area (Å²) in [5, 5.41) is 11.6. The third kappa shape index (κ3) is 6.09. The molecule has 2 aliphatic rings. The number of rotatable bonds is 6. The van der Waals surface area contributed by atoms with Gasteiger partial charge in [0.05, 0.1) is 0 Å². The molecule has 1 aromatic carbocycles. The zero-order chi connectivity index (χ0) is 21.6. The van der Waals surface area contributed by atoms with Crippen LogP contribution in [0.25, 0.3) is 21.8 Å². The van der Waals surface area contributed by atoms with Crippen LogP contribution in [-0.4, -0.2) is 19.5 Å². The molecular weight excluding hydrogens is 473 g/mol. The van der Waals surface area contributed by atoms with Crippen LogP contribution in [0.2, 0.25) is 8.87 Å². The Balaban J connectivity index is 0.000000237. The van der Waals surface area contributed by atoms with E-state index in [9.17, 15) is 5.73 Å². The summed E-state index contributed by atoms with van der Waals surface area (Å²) in [5.41, 5.74) is 7.07. The van der Waals surface area contributed by atoms with Gasteiger partial charge in [-0.3, -0.25) is 0 Å². The molecule has 2 aliphatic heterocycles. The summed E-state index contributed by atoms with van der Waals surface area (Å²) >= 11 is -4.44. The van der Waals surface area contributed by atoms with Crippen molar-refractivity contribution in [1.29, 1.82) is 0 Å². The Morgan fingerprint density at radius 3 is 1.45 bits per heavy atom. The zero-order valence-corrected chi connectivity index (χ0v) is 21.6. The second-order valence-corrected chi connectivity index (χ2v) is 15.8. The maximum atomic E-state index is 13.0. The van der Waals surface area contributed by atoms with E-state index in [2.05, 4.69) is 50.5 Å². The van der Waals surface area contributed by atoms with Crippen LogP contribution in [0.3, 0.4) is 0 Å². The van der Waals surface area contributed by atoms with Gasteiger partial charge in [0.25, 0.3) is 0 Å². The first-order valence-corrected chi connectivity index (χ1v) is 16.9. The molecule has 0 fully saturated rings. The summed E-state index contributed by atoms with van der Waals surface area (Å²) in [7, 11) is 0. The van der Waals surface area contributed by atoms with Gasteiger partial charge in [-0.2, -0.15) is 12.4 Å². The number of unbranched alkanes of at least 4 members (excludes halogenated alkanes) is 2. The second kappa shape index (κ2) is 10.6. The SMILES string of the molecule is CC1=C[N-]c2c3c(ccc2=C1C)=C(C)C(C)=C[N-]3.CCC[CH2][Sn]([F])([F])[CH2]CCC. The predicted molar refractivity (Wildman–Crippen MR) is 125 cm³/mol. The Labute approximate surface area is 180 Å². The number of fused-ring (bicyclic) bond motifs is 3. The van der Waals surface area contributed by atoms with Crippen LogP contribution in [0.15, 0.2) is 35.7 Å². The van der Waals surface area contributed by atoms with Gasteiger partial charge in [0.2, 0.25) is 0 Å². The molecule has 0 aliphatic carbocycles. The van der Waals surface area contributed by atoms with Crippen LogP contribution >= 0.6 is 0 Å². The molecule has 5 heteroatoms. The molecule has 0 atom stereocenters. The van der Waals surface area contributed by atoms with Crippen molar-refractivity contribution in [3.8, 4) is 0 Å². The number of nitrogens with zero attached hydrogens (tertiary/aromatic N) is 2. The van der Waals surface area contributed by atoms with Crippen LogP contribution in [0, 0.1) is 0 Å². The quantitative estimate of drug-likeness (QED) is 0.351. The number of benzene rings is 1. The van der Waals surface area contributed by atoms with E-state index in [1.807, 2.05) is 26.2 Å². The zero-order valence-electron chi connectivity index (χ0n) is 18.7. The average Bonchev–Trinajstić information content (AvgIpc) is 2.70. The minimum absolute atomic E-state index is 0.283. The number of hydrogen-bond donors (Lipinski definition) is 0. The molecular formula is C24H34F2N2Sn-2. The van der Waals surface area contributed by atoms with E-state index >= 15 is 0 Å². The average molecular weight is 507 g/mol. The molecule has 1 aromatic rings. The van der Waals surface area contributed by atoms with Gasteiger partial charge in [-0.05, 0) is 49.3 Å². The summed E-state index contributed by atoms with van der Waals surface area (Å²) in [5.74, 6) is 0. The summed E-state index contributed by atoms with van der Waals surface area (Å²) in [6.45, 7) is 12.4. The van der Waals surface area contributed by atoms with Crippen molar-refractivity contribution in [2.24, 2.45) is 0 Å². The standard InChI is InChI=1S/C16H16N2.2C4H9.2FH.Sn/c1-9-7-17-15-13(11(9)3)5-6-14-12(4)10(2)8-18-16(14)15;2*1-3-4-2;;;/h5-8H,1-4H3;2*1,3-4H2,2H3;2*1H;/q-2;;;;;+2/p-2. The number of allylic oxidation sites excluding steroid dienone is 2. The van der Waals surface area contributed by atoms with Crippen molar-refractivity contribution in [3.63, 3.8) is 0 Å². The summed E-state index contributed by atoms with van der Waals surface area (Å²) in [6, 6.07) is 4.34. The van der Waals surface area contributed by atoms with Gasteiger partial charge < -0.3 is 10.6 Å². The molecule has 0 saturated heterocycles. The fraction of sp³-hybridized carbons (Fsp3) is 0.500. The van der Waals surface area contributed by atoms with Crippen molar-refractivity contribution in [3.05, 3.63) is 56.7 Å². The molecule has 0 N–H and O–H groups in total. The first kappa shape index (κ1) is 24.0. The topological polar surface area (TPSA) is 28.2 Å². The van der Waals surface area contributed by atoms with E-state index in [4.69, 9.17) is 0 Å².